The molecule has 0 spiro atoms. The van der Waals surface area contributed by atoms with Gasteiger partial charge >= 0.3 is 5.97 Å². The van der Waals surface area contributed by atoms with Gasteiger partial charge in [-0.2, -0.15) is 0 Å². The first kappa shape index (κ1) is 21.9. The molecule has 2 N–H and O–H groups in total. The predicted molar refractivity (Wildman–Crippen MR) is 120 cm³/mol. The molecule has 1 amide bonds. The lowest BCUT2D eigenvalue weighted by Crippen LogP contribution is -2.32. The number of ether oxygens (including phenoxy) is 1. The Balaban J connectivity index is 1.76. The molecule has 1 heterocycles. The number of carbonyl (C=O) groups is 2. The number of para-hydroxylation sites is 1. The molecule has 3 aromatic rings. The molecule has 2 aromatic carbocycles. The maximum Gasteiger partial charge on any atom is 0.307 e. The zero-order valence-electron chi connectivity index (χ0n) is 16.2. The Morgan fingerprint density at radius 2 is 2.00 bits per heavy atom. The third-order valence-corrected chi connectivity index (χ3v) is 5.45. The average Bonchev–Trinajstić information content (AvgIpc) is 2.73. The second-order valence-corrected chi connectivity index (χ2v) is 7.94. The molecule has 156 valence electrons. The van der Waals surface area contributed by atoms with E-state index in [2.05, 4.69) is 26.2 Å². The third-order valence-electron chi connectivity index (χ3n) is 4.64. The van der Waals surface area contributed by atoms with Crippen LogP contribution >= 0.6 is 28.1 Å². The number of nitrogens with zero attached hydrogens (tertiary/aromatic N) is 1. The van der Waals surface area contributed by atoms with E-state index < -0.39 is 12.0 Å². The van der Waals surface area contributed by atoms with Crippen molar-refractivity contribution in [2.45, 2.75) is 25.4 Å². The molecule has 1 aromatic heterocycles. The van der Waals surface area contributed by atoms with Crippen LogP contribution in [0.1, 0.15) is 24.4 Å². The average molecular weight is 490 g/mol. The number of hydrogen-bond donors (Lipinski definition) is 2. The number of aromatic nitrogens is 2. The lowest BCUT2D eigenvalue weighted by molar-refractivity contribution is -0.141. The van der Waals surface area contributed by atoms with E-state index in [-0.39, 0.29) is 35.6 Å². The summed E-state index contributed by atoms with van der Waals surface area (Å²) in [5.41, 5.74) is 1.17. The van der Waals surface area contributed by atoms with Crippen molar-refractivity contribution in [3.05, 3.63) is 73.7 Å². The minimum Gasteiger partial charge on any atom is -0.469 e. The molecule has 0 aliphatic rings. The number of carbonyl (C=O) groups excluding carboxylic acids is 2. The summed E-state index contributed by atoms with van der Waals surface area (Å²) in [6.45, 7) is 0.119. The molecule has 0 aliphatic heterocycles. The molecular formula is C21H20BrN3O4S. The fourth-order valence-electron chi connectivity index (χ4n) is 3.11. The smallest absolute Gasteiger partial charge is 0.307 e. The SMILES string of the molecule is COC(=O)CC(NC(=O)CCn1c(=S)[nH]c2ccccc2c1=O)c1cccc(Br)c1. The summed E-state index contributed by atoms with van der Waals surface area (Å²) < 4.78 is 7.20. The number of rotatable bonds is 7. The van der Waals surface area contributed by atoms with E-state index in [1.165, 1.54) is 11.7 Å². The first-order chi connectivity index (χ1) is 14.4. The minimum atomic E-state index is -0.551. The number of esters is 1. The fourth-order valence-corrected chi connectivity index (χ4v) is 3.81. The molecule has 0 aliphatic carbocycles. The largest absolute Gasteiger partial charge is 0.469 e. The van der Waals surface area contributed by atoms with E-state index in [1.807, 2.05) is 30.3 Å². The number of amides is 1. The Bertz CT molecular complexity index is 1200. The summed E-state index contributed by atoms with van der Waals surface area (Å²) in [5, 5.41) is 3.36. The third kappa shape index (κ3) is 5.22. The normalized spacial score (nSPS) is 11.8. The van der Waals surface area contributed by atoms with Gasteiger partial charge in [-0.3, -0.25) is 19.0 Å². The Kier molecular flexibility index (Phi) is 7.17. The van der Waals surface area contributed by atoms with Gasteiger partial charge in [-0.15, -0.1) is 0 Å². The highest BCUT2D eigenvalue weighted by molar-refractivity contribution is 9.10. The van der Waals surface area contributed by atoms with Crippen LogP contribution in [0.5, 0.6) is 0 Å². The van der Waals surface area contributed by atoms with E-state index in [1.54, 1.807) is 18.2 Å². The summed E-state index contributed by atoms with van der Waals surface area (Å²) in [5.74, 6) is -0.744. The Morgan fingerprint density at radius 1 is 1.23 bits per heavy atom. The molecule has 0 saturated carbocycles. The molecule has 0 bridgehead atoms. The van der Waals surface area contributed by atoms with Crippen LogP contribution < -0.4 is 10.9 Å². The van der Waals surface area contributed by atoms with Crippen molar-refractivity contribution >= 4 is 50.9 Å². The topological polar surface area (TPSA) is 93.2 Å². The summed E-state index contributed by atoms with van der Waals surface area (Å²) >= 11 is 8.67. The van der Waals surface area contributed by atoms with Crippen molar-refractivity contribution in [3.63, 3.8) is 0 Å². The maximum atomic E-state index is 12.7. The van der Waals surface area contributed by atoms with E-state index >= 15 is 0 Å². The zero-order chi connectivity index (χ0) is 21.7. The second kappa shape index (κ2) is 9.82. The summed E-state index contributed by atoms with van der Waals surface area (Å²) in [6.07, 6.45) is 0.0239. The number of aromatic amines is 1. The highest BCUT2D eigenvalue weighted by atomic mass is 79.9. The quantitative estimate of drug-likeness (QED) is 0.390. The van der Waals surface area contributed by atoms with Crippen LogP contribution in [0.4, 0.5) is 0 Å². The van der Waals surface area contributed by atoms with Crippen LogP contribution in [0.15, 0.2) is 57.8 Å². The van der Waals surface area contributed by atoms with Gasteiger partial charge in [0.2, 0.25) is 5.91 Å². The number of methoxy groups -OCH3 is 1. The van der Waals surface area contributed by atoms with Gasteiger partial charge in [-0.05, 0) is 42.0 Å². The molecule has 0 saturated heterocycles. The van der Waals surface area contributed by atoms with Gasteiger partial charge in [0.05, 0.1) is 30.5 Å². The highest BCUT2D eigenvalue weighted by Crippen LogP contribution is 2.21. The molecule has 0 fully saturated rings. The van der Waals surface area contributed by atoms with Crippen molar-refractivity contribution in [2.24, 2.45) is 0 Å². The number of nitrogens with one attached hydrogen (secondary N) is 2. The molecule has 1 unspecified atom stereocenters. The lowest BCUT2D eigenvalue weighted by Gasteiger charge is -2.19. The van der Waals surface area contributed by atoms with Crippen LogP contribution in [0, 0.1) is 4.77 Å². The Labute approximate surface area is 186 Å². The molecule has 9 heteroatoms. The van der Waals surface area contributed by atoms with Crippen molar-refractivity contribution < 1.29 is 14.3 Å². The van der Waals surface area contributed by atoms with Crippen molar-refractivity contribution in [3.8, 4) is 0 Å². The summed E-state index contributed by atoms with van der Waals surface area (Å²) in [7, 11) is 1.30. The van der Waals surface area contributed by atoms with Crippen LogP contribution in [0.2, 0.25) is 0 Å². The monoisotopic (exact) mass is 489 g/mol. The van der Waals surface area contributed by atoms with Gasteiger partial charge in [0.15, 0.2) is 4.77 Å². The number of H-pyrrole nitrogens is 1. The van der Waals surface area contributed by atoms with Gasteiger partial charge in [0.25, 0.3) is 5.56 Å². The predicted octanol–water partition coefficient (Wildman–Crippen LogP) is 3.63. The van der Waals surface area contributed by atoms with E-state index in [4.69, 9.17) is 17.0 Å². The maximum absolute atomic E-state index is 12.7. The summed E-state index contributed by atoms with van der Waals surface area (Å²) in [4.78, 5) is 40.1. The molecule has 7 nitrogen and oxygen atoms in total. The molecule has 0 radical (unpaired) electrons. The van der Waals surface area contributed by atoms with Gasteiger partial charge in [0.1, 0.15) is 0 Å². The van der Waals surface area contributed by atoms with E-state index in [0.717, 1.165) is 10.0 Å². The van der Waals surface area contributed by atoms with Gasteiger partial charge in [-0.25, -0.2) is 0 Å². The molecule has 3 rings (SSSR count). The molecule has 30 heavy (non-hydrogen) atoms. The second-order valence-electron chi connectivity index (χ2n) is 6.64. The molecular weight excluding hydrogens is 470 g/mol. The van der Waals surface area contributed by atoms with Gasteiger partial charge in [-0.1, -0.05) is 40.2 Å². The number of benzene rings is 2. The van der Waals surface area contributed by atoms with E-state index in [9.17, 15) is 14.4 Å². The van der Waals surface area contributed by atoms with Crippen molar-refractivity contribution in [1.29, 1.82) is 0 Å². The highest BCUT2D eigenvalue weighted by Gasteiger charge is 2.19. The van der Waals surface area contributed by atoms with Crippen LogP contribution in [-0.2, 0) is 20.9 Å². The Morgan fingerprint density at radius 3 is 2.73 bits per heavy atom. The van der Waals surface area contributed by atoms with Crippen LogP contribution in [0.25, 0.3) is 10.9 Å². The van der Waals surface area contributed by atoms with Gasteiger partial charge in [0, 0.05) is 17.4 Å². The molecule has 1 atom stereocenters. The lowest BCUT2D eigenvalue weighted by atomic mass is 10.0. The van der Waals surface area contributed by atoms with Crippen LogP contribution in [0.3, 0.4) is 0 Å². The van der Waals surface area contributed by atoms with Crippen molar-refractivity contribution in [2.75, 3.05) is 7.11 Å². The first-order valence-corrected chi connectivity index (χ1v) is 10.4. The number of halogens is 1. The van der Waals surface area contributed by atoms with Gasteiger partial charge < -0.3 is 15.0 Å². The van der Waals surface area contributed by atoms with E-state index in [0.29, 0.717) is 10.9 Å². The fraction of sp³-hybridized carbons (Fsp3) is 0.238. The zero-order valence-corrected chi connectivity index (χ0v) is 18.6. The standard InChI is InChI=1S/C21H20BrN3O4S/c1-29-19(27)12-17(13-5-4-6-14(22)11-13)23-18(26)9-10-25-20(28)15-7-2-3-8-16(15)24-21(25)30/h2-8,11,17H,9-10,12H2,1H3,(H,23,26)(H,24,30). The summed E-state index contributed by atoms with van der Waals surface area (Å²) in [6, 6.07) is 13.9. The van der Waals surface area contributed by atoms with Crippen LogP contribution in [-0.4, -0.2) is 28.5 Å². The number of hydrogen-bond acceptors (Lipinski definition) is 5. The number of fused-ring (bicyclic) bond motifs is 1. The van der Waals surface area contributed by atoms with Crippen molar-refractivity contribution in [1.82, 2.24) is 14.9 Å². The first-order valence-electron chi connectivity index (χ1n) is 9.22. The minimum absolute atomic E-state index is 0.00528. The Hall–Kier alpha value is -2.78.